The second-order valence-electron chi connectivity index (χ2n) is 7.69. The molecular formula is C22H25N3O4. The van der Waals surface area contributed by atoms with Crippen molar-refractivity contribution in [1.82, 2.24) is 0 Å². The number of non-ortho nitro benzene ring substituents is 1. The highest BCUT2D eigenvalue weighted by molar-refractivity contribution is 5.99. The fourth-order valence-corrected chi connectivity index (χ4v) is 4.36. The van der Waals surface area contributed by atoms with E-state index in [1.165, 1.54) is 12.1 Å². The number of nitro groups is 1. The van der Waals surface area contributed by atoms with E-state index < -0.39 is 10.3 Å². The number of carbonyl (C=O) groups is 1. The van der Waals surface area contributed by atoms with Crippen molar-refractivity contribution in [2.24, 2.45) is 0 Å². The second kappa shape index (κ2) is 8.21. The minimum Gasteiger partial charge on any atom is -0.378 e. The Morgan fingerprint density at radius 3 is 2.21 bits per heavy atom. The molecule has 0 radical (unpaired) electrons. The molecule has 29 heavy (non-hydrogen) atoms. The van der Waals surface area contributed by atoms with Gasteiger partial charge in [0, 0.05) is 36.6 Å². The van der Waals surface area contributed by atoms with E-state index in [0.29, 0.717) is 0 Å². The van der Waals surface area contributed by atoms with Gasteiger partial charge in [0.1, 0.15) is 0 Å². The highest BCUT2D eigenvalue weighted by atomic mass is 16.6. The number of benzene rings is 2. The van der Waals surface area contributed by atoms with Crippen LogP contribution in [0.5, 0.6) is 0 Å². The molecule has 0 atom stereocenters. The Morgan fingerprint density at radius 2 is 1.62 bits per heavy atom. The molecule has 1 saturated heterocycles. The van der Waals surface area contributed by atoms with Crippen molar-refractivity contribution in [1.29, 1.82) is 0 Å². The second-order valence-corrected chi connectivity index (χ2v) is 7.69. The Kier molecular flexibility index (Phi) is 5.49. The van der Waals surface area contributed by atoms with E-state index >= 15 is 0 Å². The van der Waals surface area contributed by atoms with Gasteiger partial charge in [0.05, 0.1) is 23.6 Å². The van der Waals surface area contributed by atoms with Crippen LogP contribution in [0.2, 0.25) is 0 Å². The van der Waals surface area contributed by atoms with Gasteiger partial charge >= 0.3 is 0 Å². The van der Waals surface area contributed by atoms with Gasteiger partial charge in [-0.3, -0.25) is 14.9 Å². The van der Waals surface area contributed by atoms with Crippen LogP contribution in [0.3, 0.4) is 0 Å². The van der Waals surface area contributed by atoms with Gasteiger partial charge in [-0.1, -0.05) is 25.0 Å². The number of amides is 1. The summed E-state index contributed by atoms with van der Waals surface area (Å²) < 4.78 is 5.39. The van der Waals surface area contributed by atoms with Gasteiger partial charge in [0.15, 0.2) is 0 Å². The first kappa shape index (κ1) is 19.4. The monoisotopic (exact) mass is 395 g/mol. The summed E-state index contributed by atoms with van der Waals surface area (Å²) in [5, 5.41) is 14.0. The number of nitrogens with one attached hydrogen (secondary N) is 1. The van der Waals surface area contributed by atoms with Crippen LogP contribution < -0.4 is 10.2 Å². The van der Waals surface area contributed by atoms with Crippen LogP contribution in [0.1, 0.15) is 31.2 Å². The molecule has 1 N–H and O–H groups in total. The number of morpholine rings is 1. The highest BCUT2D eigenvalue weighted by Gasteiger charge is 2.42. The summed E-state index contributed by atoms with van der Waals surface area (Å²) in [4.78, 5) is 26.1. The average molecular weight is 395 g/mol. The number of hydrogen-bond acceptors (Lipinski definition) is 5. The van der Waals surface area contributed by atoms with E-state index in [0.717, 1.165) is 68.9 Å². The molecule has 152 valence electrons. The molecule has 7 heteroatoms. The van der Waals surface area contributed by atoms with Crippen LogP contribution >= 0.6 is 0 Å². The third-order valence-corrected chi connectivity index (χ3v) is 6.02. The lowest BCUT2D eigenvalue weighted by atomic mass is 9.78. The molecule has 2 aromatic rings. The predicted molar refractivity (Wildman–Crippen MR) is 111 cm³/mol. The fraction of sp³-hybridized carbons (Fsp3) is 0.409. The molecule has 0 bridgehead atoms. The van der Waals surface area contributed by atoms with Crippen LogP contribution in [0.15, 0.2) is 48.5 Å². The van der Waals surface area contributed by atoms with Crippen molar-refractivity contribution >= 4 is 23.0 Å². The Labute approximate surface area is 169 Å². The highest BCUT2D eigenvalue weighted by Crippen LogP contribution is 2.42. The van der Waals surface area contributed by atoms with Gasteiger partial charge in [-0.05, 0) is 42.7 Å². The van der Waals surface area contributed by atoms with Gasteiger partial charge in [0.25, 0.3) is 5.69 Å². The topological polar surface area (TPSA) is 84.7 Å². The number of hydrogen-bond donors (Lipinski definition) is 1. The normalized spacial score (nSPS) is 18.4. The molecule has 1 aliphatic heterocycles. The molecule has 1 saturated carbocycles. The first-order chi connectivity index (χ1) is 14.1. The molecule has 0 aromatic heterocycles. The van der Waals surface area contributed by atoms with Gasteiger partial charge in [-0.15, -0.1) is 0 Å². The first-order valence-corrected chi connectivity index (χ1v) is 10.1. The Balaban J connectivity index is 1.51. The first-order valence-electron chi connectivity index (χ1n) is 10.1. The van der Waals surface area contributed by atoms with E-state index in [4.69, 9.17) is 4.74 Å². The maximum atomic E-state index is 13.3. The zero-order valence-corrected chi connectivity index (χ0v) is 16.3. The molecule has 1 heterocycles. The molecule has 2 fully saturated rings. The third kappa shape index (κ3) is 3.96. The van der Waals surface area contributed by atoms with Crippen LogP contribution in [0.25, 0.3) is 0 Å². The van der Waals surface area contributed by atoms with Crippen molar-refractivity contribution in [3.63, 3.8) is 0 Å². The summed E-state index contributed by atoms with van der Waals surface area (Å²) in [7, 11) is 0. The predicted octanol–water partition coefficient (Wildman–Crippen LogP) is 3.88. The molecule has 2 aliphatic rings. The molecule has 1 aliphatic carbocycles. The minimum absolute atomic E-state index is 0.0389. The number of ether oxygens (including phenoxy) is 1. The molecule has 1 amide bonds. The Morgan fingerprint density at radius 1 is 1.00 bits per heavy atom. The summed E-state index contributed by atoms with van der Waals surface area (Å²) in [5.41, 5.74) is 2.15. The molecule has 2 aromatic carbocycles. The van der Waals surface area contributed by atoms with Crippen LogP contribution in [0, 0.1) is 10.1 Å². The van der Waals surface area contributed by atoms with Crippen molar-refractivity contribution in [3.05, 3.63) is 64.2 Å². The lowest BCUT2D eigenvalue weighted by molar-refractivity contribution is -0.384. The van der Waals surface area contributed by atoms with E-state index in [-0.39, 0.29) is 11.6 Å². The molecular weight excluding hydrogens is 370 g/mol. The quantitative estimate of drug-likeness (QED) is 0.613. The Hall–Kier alpha value is -2.93. The SMILES string of the molecule is O=C(Nc1ccc(N2CCOCC2)cc1)C1(c2ccc([N+](=O)[O-])cc2)CCCC1. The summed E-state index contributed by atoms with van der Waals surface area (Å²) in [6, 6.07) is 14.3. The van der Waals surface area contributed by atoms with Crippen molar-refractivity contribution < 1.29 is 14.5 Å². The number of nitrogens with zero attached hydrogens (tertiary/aromatic N) is 2. The molecule has 4 rings (SSSR count). The summed E-state index contributed by atoms with van der Waals surface area (Å²) in [6.45, 7) is 3.20. The van der Waals surface area contributed by atoms with E-state index in [9.17, 15) is 14.9 Å². The van der Waals surface area contributed by atoms with Crippen molar-refractivity contribution in [2.45, 2.75) is 31.1 Å². The van der Waals surface area contributed by atoms with Gasteiger partial charge < -0.3 is 15.0 Å². The number of nitro benzene ring substituents is 1. The lowest BCUT2D eigenvalue weighted by Crippen LogP contribution is -2.38. The third-order valence-electron chi connectivity index (χ3n) is 6.02. The summed E-state index contributed by atoms with van der Waals surface area (Å²) in [6.07, 6.45) is 3.45. The van der Waals surface area contributed by atoms with Gasteiger partial charge in [-0.25, -0.2) is 0 Å². The lowest BCUT2D eigenvalue weighted by Gasteiger charge is -2.30. The van der Waals surface area contributed by atoms with Gasteiger partial charge in [-0.2, -0.15) is 0 Å². The minimum atomic E-state index is -0.627. The number of rotatable bonds is 5. The summed E-state index contributed by atoms with van der Waals surface area (Å²) in [5.74, 6) is -0.0389. The average Bonchev–Trinajstić information content (AvgIpc) is 3.26. The fourth-order valence-electron chi connectivity index (χ4n) is 4.36. The summed E-state index contributed by atoms with van der Waals surface area (Å²) >= 11 is 0. The zero-order chi connectivity index (χ0) is 20.3. The van der Waals surface area contributed by atoms with Crippen LogP contribution in [-0.4, -0.2) is 37.1 Å². The van der Waals surface area contributed by atoms with Crippen LogP contribution in [0.4, 0.5) is 17.1 Å². The smallest absolute Gasteiger partial charge is 0.269 e. The zero-order valence-electron chi connectivity index (χ0n) is 16.3. The van der Waals surface area contributed by atoms with E-state index in [1.54, 1.807) is 12.1 Å². The maximum Gasteiger partial charge on any atom is 0.269 e. The van der Waals surface area contributed by atoms with Crippen molar-refractivity contribution in [3.8, 4) is 0 Å². The van der Waals surface area contributed by atoms with E-state index in [2.05, 4.69) is 10.2 Å². The number of anilines is 2. The maximum absolute atomic E-state index is 13.3. The molecule has 0 spiro atoms. The standard InChI is InChI=1S/C22H25N3O4/c26-21(23-18-5-9-19(10-6-18)24-13-15-29-16-14-24)22(11-1-2-12-22)17-3-7-20(8-4-17)25(27)28/h3-10H,1-2,11-16H2,(H,23,26). The van der Waals surface area contributed by atoms with Crippen LogP contribution in [-0.2, 0) is 14.9 Å². The van der Waals surface area contributed by atoms with Crippen molar-refractivity contribution in [2.75, 3.05) is 36.5 Å². The number of carbonyl (C=O) groups excluding carboxylic acids is 1. The van der Waals surface area contributed by atoms with E-state index in [1.807, 2.05) is 24.3 Å². The van der Waals surface area contributed by atoms with Gasteiger partial charge in [0.2, 0.25) is 5.91 Å². The molecule has 0 unspecified atom stereocenters. The Bertz CT molecular complexity index is 868. The molecule has 7 nitrogen and oxygen atoms in total. The largest absolute Gasteiger partial charge is 0.378 e.